The Morgan fingerprint density at radius 2 is 1.90 bits per heavy atom. The molecule has 1 amide bonds. The average molecular weight is 275 g/mol. The number of amides is 1. The van der Waals surface area contributed by atoms with E-state index in [-0.39, 0.29) is 11.6 Å². The molecule has 0 fully saturated rings. The van der Waals surface area contributed by atoms with Crippen molar-refractivity contribution in [3.8, 4) is 11.5 Å². The third kappa shape index (κ3) is 3.06. The van der Waals surface area contributed by atoms with Crippen LogP contribution in [0.2, 0.25) is 0 Å². The van der Waals surface area contributed by atoms with Crippen LogP contribution < -0.4 is 14.8 Å². The molecule has 0 atom stereocenters. The molecule has 0 aliphatic heterocycles. The monoisotopic (exact) mass is 275 g/mol. The third-order valence-corrected chi connectivity index (χ3v) is 2.74. The number of carbonyl (C=O) groups excluding carboxylic acids is 1. The first-order chi connectivity index (χ1) is 9.63. The molecule has 0 saturated heterocycles. The summed E-state index contributed by atoms with van der Waals surface area (Å²) in [4.78, 5) is 12.1. The number of rotatable bonds is 4. The van der Waals surface area contributed by atoms with Crippen LogP contribution in [0, 0.1) is 5.82 Å². The van der Waals surface area contributed by atoms with Gasteiger partial charge in [0.2, 0.25) is 0 Å². The molecule has 0 aliphatic carbocycles. The molecule has 1 N–H and O–H groups in total. The number of carbonyl (C=O) groups is 1. The molecule has 0 spiro atoms. The lowest BCUT2D eigenvalue weighted by atomic mass is 10.2. The maximum absolute atomic E-state index is 13.2. The maximum Gasteiger partial charge on any atom is 0.255 e. The molecule has 0 aliphatic rings. The second-order valence-electron chi connectivity index (χ2n) is 4.03. The van der Waals surface area contributed by atoms with Gasteiger partial charge in [0.05, 0.1) is 19.9 Å². The predicted octanol–water partition coefficient (Wildman–Crippen LogP) is 3.10. The molecule has 104 valence electrons. The van der Waals surface area contributed by atoms with Crippen molar-refractivity contribution in [3.05, 3.63) is 53.8 Å². The number of hydrogen-bond acceptors (Lipinski definition) is 3. The van der Waals surface area contributed by atoms with Gasteiger partial charge in [0.15, 0.2) is 0 Å². The molecule has 4 nitrogen and oxygen atoms in total. The highest BCUT2D eigenvalue weighted by molar-refractivity contribution is 6.05. The molecule has 2 rings (SSSR count). The lowest BCUT2D eigenvalue weighted by Crippen LogP contribution is -2.12. The summed E-state index contributed by atoms with van der Waals surface area (Å²) in [5.41, 5.74) is 0.691. The summed E-state index contributed by atoms with van der Waals surface area (Å²) >= 11 is 0. The zero-order valence-corrected chi connectivity index (χ0v) is 11.1. The van der Waals surface area contributed by atoms with Crippen molar-refractivity contribution in [2.45, 2.75) is 0 Å². The van der Waals surface area contributed by atoms with E-state index in [1.54, 1.807) is 24.3 Å². The average Bonchev–Trinajstić information content (AvgIpc) is 2.47. The van der Waals surface area contributed by atoms with Crippen molar-refractivity contribution < 1.29 is 18.7 Å². The second-order valence-corrected chi connectivity index (χ2v) is 4.03. The molecule has 5 heteroatoms. The van der Waals surface area contributed by atoms with Gasteiger partial charge in [-0.05, 0) is 30.3 Å². The smallest absolute Gasteiger partial charge is 0.255 e. The molecule has 0 bridgehead atoms. The molecule has 0 heterocycles. The number of methoxy groups -OCH3 is 2. The van der Waals surface area contributed by atoms with E-state index in [0.717, 1.165) is 0 Å². The number of halogens is 1. The van der Waals surface area contributed by atoms with Gasteiger partial charge in [0.1, 0.15) is 17.3 Å². The first-order valence-electron chi connectivity index (χ1n) is 5.93. The zero-order valence-electron chi connectivity index (χ0n) is 11.1. The van der Waals surface area contributed by atoms with Crippen LogP contribution in [-0.4, -0.2) is 20.1 Å². The Bertz CT molecular complexity index is 628. The van der Waals surface area contributed by atoms with Crippen LogP contribution >= 0.6 is 0 Å². The Hall–Kier alpha value is -2.56. The van der Waals surface area contributed by atoms with Gasteiger partial charge < -0.3 is 14.8 Å². The summed E-state index contributed by atoms with van der Waals surface area (Å²) in [6, 6.07) is 10.6. The highest BCUT2D eigenvalue weighted by Gasteiger charge is 2.11. The largest absolute Gasteiger partial charge is 0.497 e. The van der Waals surface area contributed by atoms with Gasteiger partial charge in [0, 0.05) is 11.6 Å². The van der Waals surface area contributed by atoms with Gasteiger partial charge in [-0.3, -0.25) is 4.79 Å². The van der Waals surface area contributed by atoms with Crippen LogP contribution in [0.1, 0.15) is 10.4 Å². The lowest BCUT2D eigenvalue weighted by Gasteiger charge is -2.10. The van der Waals surface area contributed by atoms with E-state index in [4.69, 9.17) is 9.47 Å². The summed E-state index contributed by atoms with van der Waals surface area (Å²) in [7, 11) is 2.97. The van der Waals surface area contributed by atoms with E-state index in [1.807, 2.05) is 0 Å². The Morgan fingerprint density at radius 1 is 1.10 bits per heavy atom. The van der Waals surface area contributed by atoms with Crippen LogP contribution in [-0.2, 0) is 0 Å². The van der Waals surface area contributed by atoms with E-state index >= 15 is 0 Å². The van der Waals surface area contributed by atoms with Gasteiger partial charge in [0.25, 0.3) is 5.91 Å². The molecular formula is C15H14FNO3. The van der Waals surface area contributed by atoms with Crippen LogP contribution in [0.4, 0.5) is 10.1 Å². The van der Waals surface area contributed by atoms with E-state index < -0.39 is 5.82 Å². The number of benzene rings is 2. The lowest BCUT2D eigenvalue weighted by molar-refractivity contribution is 0.102. The zero-order chi connectivity index (χ0) is 14.5. The van der Waals surface area contributed by atoms with E-state index in [0.29, 0.717) is 17.1 Å². The van der Waals surface area contributed by atoms with Crippen LogP contribution in [0.25, 0.3) is 0 Å². The van der Waals surface area contributed by atoms with E-state index in [2.05, 4.69) is 5.32 Å². The molecule has 0 aromatic heterocycles. The molecule has 20 heavy (non-hydrogen) atoms. The van der Waals surface area contributed by atoms with Gasteiger partial charge in [-0.25, -0.2) is 4.39 Å². The number of nitrogens with one attached hydrogen (secondary N) is 1. The van der Waals surface area contributed by atoms with Crippen molar-refractivity contribution in [1.29, 1.82) is 0 Å². The minimum absolute atomic E-state index is 0.278. The first kappa shape index (κ1) is 13.9. The van der Waals surface area contributed by atoms with Crippen molar-refractivity contribution in [3.63, 3.8) is 0 Å². The predicted molar refractivity (Wildman–Crippen MR) is 73.9 cm³/mol. The Kier molecular flexibility index (Phi) is 4.20. The second kappa shape index (κ2) is 6.06. The Labute approximate surface area is 116 Å². The molecule has 2 aromatic carbocycles. The maximum atomic E-state index is 13.2. The fourth-order valence-electron chi connectivity index (χ4n) is 1.74. The Morgan fingerprint density at radius 3 is 2.60 bits per heavy atom. The van der Waals surface area contributed by atoms with Gasteiger partial charge in [-0.2, -0.15) is 0 Å². The molecule has 2 aromatic rings. The molecule has 0 unspecified atom stereocenters. The topological polar surface area (TPSA) is 47.6 Å². The fraction of sp³-hybridized carbons (Fsp3) is 0.133. The minimum Gasteiger partial charge on any atom is -0.497 e. The summed E-state index contributed by atoms with van der Waals surface area (Å²) in [5, 5.41) is 2.61. The number of hydrogen-bond donors (Lipinski definition) is 1. The summed E-state index contributed by atoms with van der Waals surface area (Å²) in [6.45, 7) is 0. The van der Waals surface area contributed by atoms with Gasteiger partial charge in [-0.15, -0.1) is 0 Å². The van der Waals surface area contributed by atoms with Gasteiger partial charge >= 0.3 is 0 Å². The standard InChI is InChI=1S/C15H14FNO3/c1-19-12-5-3-4-10(8-12)15(18)17-13-9-11(16)6-7-14(13)20-2/h3-9H,1-2H3,(H,17,18). The van der Waals surface area contributed by atoms with E-state index in [1.165, 1.54) is 32.4 Å². The molecule has 0 saturated carbocycles. The number of anilines is 1. The summed E-state index contributed by atoms with van der Waals surface area (Å²) in [5.74, 6) is 0.144. The van der Waals surface area contributed by atoms with E-state index in [9.17, 15) is 9.18 Å². The van der Waals surface area contributed by atoms with Crippen LogP contribution in [0.3, 0.4) is 0 Å². The van der Waals surface area contributed by atoms with Crippen LogP contribution in [0.15, 0.2) is 42.5 Å². The SMILES string of the molecule is COc1cccc(C(=O)Nc2cc(F)ccc2OC)c1. The quantitative estimate of drug-likeness (QED) is 0.932. The van der Waals surface area contributed by atoms with Crippen molar-refractivity contribution in [1.82, 2.24) is 0 Å². The minimum atomic E-state index is -0.452. The van der Waals surface area contributed by atoms with Crippen molar-refractivity contribution in [2.24, 2.45) is 0 Å². The molecular weight excluding hydrogens is 261 g/mol. The van der Waals surface area contributed by atoms with Gasteiger partial charge in [-0.1, -0.05) is 6.07 Å². The molecule has 0 radical (unpaired) electrons. The van der Waals surface area contributed by atoms with Crippen molar-refractivity contribution >= 4 is 11.6 Å². The summed E-state index contributed by atoms with van der Waals surface area (Å²) < 4.78 is 23.4. The normalized spacial score (nSPS) is 9.95. The van der Waals surface area contributed by atoms with Crippen LogP contribution in [0.5, 0.6) is 11.5 Å². The number of ether oxygens (including phenoxy) is 2. The first-order valence-corrected chi connectivity index (χ1v) is 5.93. The Balaban J connectivity index is 2.25. The summed E-state index contributed by atoms with van der Waals surface area (Å²) in [6.07, 6.45) is 0. The fourth-order valence-corrected chi connectivity index (χ4v) is 1.74. The highest BCUT2D eigenvalue weighted by Crippen LogP contribution is 2.25. The van der Waals surface area contributed by atoms with Crippen molar-refractivity contribution in [2.75, 3.05) is 19.5 Å². The highest BCUT2D eigenvalue weighted by atomic mass is 19.1. The third-order valence-electron chi connectivity index (χ3n) is 2.74.